The molecule has 6 heteroatoms. The first kappa shape index (κ1) is 15.3. The minimum atomic E-state index is -0.388. The molecule has 3 aliphatic rings. The van der Waals surface area contributed by atoms with Gasteiger partial charge in [-0.15, -0.1) is 0 Å². The second kappa shape index (κ2) is 6.32. The Morgan fingerprint density at radius 3 is 2.65 bits per heavy atom. The molecule has 0 radical (unpaired) electrons. The number of aromatic nitrogens is 2. The van der Waals surface area contributed by atoms with Gasteiger partial charge < -0.3 is 14.4 Å². The Morgan fingerprint density at radius 2 is 1.96 bits per heavy atom. The normalized spacial score (nSPS) is 26.8. The number of hydrogen-bond acceptors (Lipinski definition) is 5. The maximum atomic E-state index is 12.9. The number of ether oxygens (including phenoxy) is 2. The van der Waals surface area contributed by atoms with Crippen LogP contribution in [-0.4, -0.2) is 49.0 Å². The molecule has 1 aliphatic carbocycles. The van der Waals surface area contributed by atoms with Crippen molar-refractivity contribution in [1.82, 2.24) is 9.97 Å². The largest absolute Gasteiger partial charge is 0.378 e. The molecule has 4 rings (SSSR count). The van der Waals surface area contributed by atoms with Crippen LogP contribution in [0, 0.1) is 17.2 Å². The molecule has 1 spiro atoms. The summed E-state index contributed by atoms with van der Waals surface area (Å²) in [6.45, 7) is 4.30. The van der Waals surface area contributed by atoms with Crippen LogP contribution in [0.2, 0.25) is 0 Å². The van der Waals surface area contributed by atoms with Gasteiger partial charge in [0, 0.05) is 19.7 Å². The van der Waals surface area contributed by atoms with Crippen molar-refractivity contribution in [3.63, 3.8) is 0 Å². The van der Waals surface area contributed by atoms with Crippen molar-refractivity contribution >= 4 is 5.95 Å². The van der Waals surface area contributed by atoms with Gasteiger partial charge in [-0.1, -0.05) is 0 Å². The topological polar surface area (TPSA) is 47.5 Å². The van der Waals surface area contributed by atoms with Crippen LogP contribution in [0.5, 0.6) is 0 Å². The Labute approximate surface area is 136 Å². The fourth-order valence-electron chi connectivity index (χ4n) is 3.65. The highest BCUT2D eigenvalue weighted by molar-refractivity contribution is 5.29. The SMILES string of the molecule is Fc1cnc(N2CCC3(CC2)CO[C@H](COCC2CC2)C3)nc1. The number of halogens is 1. The first-order chi connectivity index (χ1) is 11.2. The summed E-state index contributed by atoms with van der Waals surface area (Å²) >= 11 is 0. The summed E-state index contributed by atoms with van der Waals surface area (Å²) in [6.07, 6.45) is 8.63. The average molecular weight is 321 g/mol. The van der Waals surface area contributed by atoms with Gasteiger partial charge in [-0.2, -0.15) is 0 Å². The molecule has 1 aromatic heterocycles. The van der Waals surface area contributed by atoms with Crippen molar-refractivity contribution in [2.24, 2.45) is 11.3 Å². The van der Waals surface area contributed by atoms with Gasteiger partial charge >= 0.3 is 0 Å². The molecule has 3 fully saturated rings. The monoisotopic (exact) mass is 321 g/mol. The van der Waals surface area contributed by atoms with Crippen molar-refractivity contribution in [2.45, 2.75) is 38.2 Å². The smallest absolute Gasteiger partial charge is 0.225 e. The van der Waals surface area contributed by atoms with E-state index in [1.807, 2.05) is 0 Å². The Kier molecular flexibility index (Phi) is 4.20. The molecule has 0 aromatic carbocycles. The standard InChI is InChI=1S/C17H24FN3O2/c18-14-8-19-16(20-9-14)21-5-3-17(4-6-21)7-15(23-12-17)11-22-10-13-1-2-13/h8-9,13,15H,1-7,10-12H2/t15-/m0/s1. The molecule has 1 atom stereocenters. The van der Waals surface area contributed by atoms with Crippen LogP contribution in [0.15, 0.2) is 12.4 Å². The van der Waals surface area contributed by atoms with Gasteiger partial charge in [0.1, 0.15) is 0 Å². The molecule has 1 aromatic rings. The summed E-state index contributed by atoms with van der Waals surface area (Å²) in [5.74, 6) is 1.05. The predicted molar refractivity (Wildman–Crippen MR) is 83.8 cm³/mol. The van der Waals surface area contributed by atoms with Crippen LogP contribution in [0.1, 0.15) is 32.1 Å². The van der Waals surface area contributed by atoms with E-state index in [2.05, 4.69) is 14.9 Å². The molecule has 0 unspecified atom stereocenters. The third-order valence-corrected chi connectivity index (χ3v) is 5.35. The van der Waals surface area contributed by atoms with E-state index in [-0.39, 0.29) is 17.3 Å². The van der Waals surface area contributed by atoms with Crippen molar-refractivity contribution in [2.75, 3.05) is 37.8 Å². The molecule has 2 saturated heterocycles. The summed E-state index contributed by atoms with van der Waals surface area (Å²) in [5.41, 5.74) is 0.282. The van der Waals surface area contributed by atoms with Crippen LogP contribution in [0.25, 0.3) is 0 Å². The zero-order valence-electron chi connectivity index (χ0n) is 13.4. The van der Waals surface area contributed by atoms with Gasteiger partial charge in [-0.05, 0) is 43.4 Å². The summed E-state index contributed by atoms with van der Waals surface area (Å²) in [5, 5.41) is 0. The van der Waals surface area contributed by atoms with E-state index in [4.69, 9.17) is 9.47 Å². The van der Waals surface area contributed by atoms with Gasteiger partial charge in [0.15, 0.2) is 5.82 Å². The lowest BCUT2D eigenvalue weighted by Crippen LogP contribution is -2.41. The summed E-state index contributed by atoms with van der Waals surface area (Å²) in [7, 11) is 0. The molecule has 0 N–H and O–H groups in total. The van der Waals surface area contributed by atoms with Crippen molar-refractivity contribution < 1.29 is 13.9 Å². The van der Waals surface area contributed by atoms with Gasteiger partial charge in [0.25, 0.3) is 0 Å². The number of hydrogen-bond donors (Lipinski definition) is 0. The summed E-state index contributed by atoms with van der Waals surface area (Å²) in [6, 6.07) is 0. The van der Waals surface area contributed by atoms with E-state index in [1.165, 1.54) is 25.2 Å². The van der Waals surface area contributed by atoms with Crippen molar-refractivity contribution in [3.05, 3.63) is 18.2 Å². The van der Waals surface area contributed by atoms with Crippen LogP contribution in [0.3, 0.4) is 0 Å². The Balaban J connectivity index is 1.26. The van der Waals surface area contributed by atoms with E-state index < -0.39 is 0 Å². The molecular weight excluding hydrogens is 297 g/mol. The quantitative estimate of drug-likeness (QED) is 0.833. The van der Waals surface area contributed by atoms with Crippen LogP contribution < -0.4 is 4.90 Å². The third kappa shape index (κ3) is 3.63. The van der Waals surface area contributed by atoms with Gasteiger partial charge in [0.2, 0.25) is 5.95 Å². The third-order valence-electron chi connectivity index (χ3n) is 5.35. The number of rotatable bonds is 5. The molecule has 5 nitrogen and oxygen atoms in total. The van der Waals surface area contributed by atoms with Gasteiger partial charge in [-0.3, -0.25) is 0 Å². The predicted octanol–water partition coefficient (Wildman–Crippen LogP) is 2.42. The fourth-order valence-corrected chi connectivity index (χ4v) is 3.65. The molecule has 23 heavy (non-hydrogen) atoms. The maximum Gasteiger partial charge on any atom is 0.225 e. The first-order valence-electron chi connectivity index (χ1n) is 8.64. The minimum Gasteiger partial charge on any atom is -0.378 e. The van der Waals surface area contributed by atoms with E-state index >= 15 is 0 Å². The zero-order chi connectivity index (χ0) is 15.7. The number of nitrogens with zero attached hydrogens (tertiary/aromatic N) is 3. The zero-order valence-corrected chi connectivity index (χ0v) is 13.4. The second-order valence-electron chi connectivity index (χ2n) is 7.31. The van der Waals surface area contributed by atoms with E-state index in [9.17, 15) is 4.39 Å². The second-order valence-corrected chi connectivity index (χ2v) is 7.31. The molecule has 3 heterocycles. The van der Waals surface area contributed by atoms with Crippen LogP contribution in [-0.2, 0) is 9.47 Å². The average Bonchev–Trinajstić information content (AvgIpc) is 3.31. The summed E-state index contributed by atoms with van der Waals surface area (Å²) < 4.78 is 24.7. The summed E-state index contributed by atoms with van der Waals surface area (Å²) in [4.78, 5) is 10.3. The number of piperidine rings is 1. The van der Waals surface area contributed by atoms with Gasteiger partial charge in [0.05, 0.1) is 31.7 Å². The minimum absolute atomic E-state index is 0.252. The lowest BCUT2D eigenvalue weighted by atomic mass is 9.77. The van der Waals surface area contributed by atoms with Crippen LogP contribution in [0.4, 0.5) is 10.3 Å². The lowest BCUT2D eigenvalue weighted by Gasteiger charge is -2.38. The maximum absolute atomic E-state index is 12.9. The molecular formula is C17H24FN3O2. The fraction of sp³-hybridized carbons (Fsp3) is 0.765. The van der Waals surface area contributed by atoms with Crippen molar-refractivity contribution in [3.8, 4) is 0 Å². The van der Waals surface area contributed by atoms with E-state index in [0.717, 1.165) is 58.1 Å². The Bertz CT molecular complexity index is 527. The molecule has 0 amide bonds. The highest BCUT2D eigenvalue weighted by Gasteiger charge is 2.42. The first-order valence-corrected chi connectivity index (χ1v) is 8.64. The number of anilines is 1. The van der Waals surface area contributed by atoms with Gasteiger partial charge in [-0.25, -0.2) is 14.4 Å². The molecule has 126 valence electrons. The van der Waals surface area contributed by atoms with Crippen LogP contribution >= 0.6 is 0 Å². The Hall–Kier alpha value is -1.27. The molecule has 1 saturated carbocycles. The van der Waals surface area contributed by atoms with E-state index in [0.29, 0.717) is 5.95 Å². The van der Waals surface area contributed by atoms with E-state index in [1.54, 1.807) is 0 Å². The Morgan fingerprint density at radius 1 is 1.22 bits per heavy atom. The molecule has 2 aliphatic heterocycles. The molecule has 0 bridgehead atoms. The highest BCUT2D eigenvalue weighted by atomic mass is 19.1. The van der Waals surface area contributed by atoms with Crippen molar-refractivity contribution in [1.29, 1.82) is 0 Å². The highest BCUT2D eigenvalue weighted by Crippen LogP contribution is 2.42. The lowest BCUT2D eigenvalue weighted by molar-refractivity contribution is 0.0110.